The smallest absolute Gasteiger partial charge is 0.260 e. The van der Waals surface area contributed by atoms with Gasteiger partial charge in [0.2, 0.25) is 10.0 Å². The van der Waals surface area contributed by atoms with Crippen LogP contribution >= 0.6 is 0 Å². The number of nitrogens with zero attached hydrogens (tertiary/aromatic N) is 2. The minimum absolute atomic E-state index is 0.212. The fourth-order valence-electron chi connectivity index (χ4n) is 2.22. The molecule has 2 aromatic rings. The van der Waals surface area contributed by atoms with Crippen LogP contribution in [-0.2, 0) is 14.8 Å². The second kappa shape index (κ2) is 9.65. The van der Waals surface area contributed by atoms with Crippen LogP contribution in [0.4, 0.5) is 10.1 Å². The first-order valence-electron chi connectivity index (χ1n) is 8.19. The van der Waals surface area contributed by atoms with E-state index >= 15 is 0 Å². The van der Waals surface area contributed by atoms with Gasteiger partial charge in [0.1, 0.15) is 24.7 Å². The van der Waals surface area contributed by atoms with E-state index in [1.54, 1.807) is 30.3 Å². The zero-order valence-corrected chi connectivity index (χ0v) is 16.0. The molecule has 0 radical (unpaired) electrons. The van der Waals surface area contributed by atoms with Gasteiger partial charge in [-0.2, -0.15) is 5.10 Å². The molecule has 2 aromatic carbocycles. The van der Waals surface area contributed by atoms with Crippen molar-refractivity contribution in [1.29, 1.82) is 0 Å². The number of ether oxygens (including phenoxy) is 1. The van der Waals surface area contributed by atoms with E-state index in [2.05, 4.69) is 17.1 Å². The Bertz CT molecular complexity index is 977. The van der Waals surface area contributed by atoms with E-state index in [-0.39, 0.29) is 5.69 Å². The van der Waals surface area contributed by atoms with Gasteiger partial charge in [-0.3, -0.25) is 9.10 Å². The van der Waals surface area contributed by atoms with Crippen LogP contribution in [0.15, 0.2) is 66.3 Å². The molecule has 9 heteroatoms. The first kappa shape index (κ1) is 21.1. The highest BCUT2D eigenvalue weighted by Crippen LogP contribution is 2.20. The molecule has 0 bridgehead atoms. The maximum atomic E-state index is 13.9. The van der Waals surface area contributed by atoms with Crippen molar-refractivity contribution >= 4 is 27.8 Å². The summed E-state index contributed by atoms with van der Waals surface area (Å²) in [5.41, 5.74) is 2.68. The molecule has 0 fully saturated rings. The molecule has 1 amide bonds. The minimum atomic E-state index is -3.87. The molecule has 7 nitrogen and oxygen atoms in total. The van der Waals surface area contributed by atoms with Crippen molar-refractivity contribution in [2.24, 2.45) is 5.10 Å². The first-order valence-corrected chi connectivity index (χ1v) is 10.0. The summed E-state index contributed by atoms with van der Waals surface area (Å²) in [5, 5.41) is 3.80. The molecule has 0 aliphatic heterocycles. The van der Waals surface area contributed by atoms with Gasteiger partial charge in [0.15, 0.2) is 0 Å². The lowest BCUT2D eigenvalue weighted by atomic mass is 10.2. The van der Waals surface area contributed by atoms with Crippen molar-refractivity contribution < 1.29 is 22.3 Å². The van der Waals surface area contributed by atoms with Gasteiger partial charge in [-0.25, -0.2) is 18.2 Å². The van der Waals surface area contributed by atoms with Crippen LogP contribution < -0.4 is 14.5 Å². The molecule has 0 unspecified atom stereocenters. The predicted molar refractivity (Wildman–Crippen MR) is 106 cm³/mol. The standard InChI is InChI=1S/C19H20FN3O4S/c1-3-11-27-16-8-6-7-15(12-16)13-21-22-19(24)14-23(28(2,25)26)18-10-5-4-9-17(18)20/h3-10,12-13H,1,11,14H2,2H3,(H,22,24)/b21-13-. The maximum Gasteiger partial charge on any atom is 0.260 e. The van der Waals surface area contributed by atoms with Crippen molar-refractivity contribution in [3.8, 4) is 5.75 Å². The van der Waals surface area contributed by atoms with Crippen LogP contribution in [-0.4, -0.2) is 39.9 Å². The van der Waals surface area contributed by atoms with Crippen molar-refractivity contribution in [2.45, 2.75) is 0 Å². The lowest BCUT2D eigenvalue weighted by Gasteiger charge is -2.21. The van der Waals surface area contributed by atoms with Crippen molar-refractivity contribution in [2.75, 3.05) is 23.7 Å². The number of nitrogens with one attached hydrogen (secondary N) is 1. The van der Waals surface area contributed by atoms with Gasteiger partial charge in [0.05, 0.1) is 18.2 Å². The number of amides is 1. The third-order valence-corrected chi connectivity index (χ3v) is 4.56. The Hall–Kier alpha value is -3.20. The number of sulfonamides is 1. The van der Waals surface area contributed by atoms with Gasteiger partial charge in [0.25, 0.3) is 5.91 Å². The summed E-state index contributed by atoms with van der Waals surface area (Å²) in [5.74, 6) is -0.859. The van der Waals surface area contributed by atoms with E-state index in [1.165, 1.54) is 24.4 Å². The number of hydrogen-bond donors (Lipinski definition) is 1. The number of rotatable bonds is 9. The fraction of sp³-hybridized carbons (Fsp3) is 0.158. The summed E-state index contributed by atoms with van der Waals surface area (Å²) in [6.07, 6.45) is 3.89. The summed E-state index contributed by atoms with van der Waals surface area (Å²) in [6, 6.07) is 12.3. The first-order chi connectivity index (χ1) is 13.3. The number of para-hydroxylation sites is 1. The quantitative estimate of drug-likeness (QED) is 0.394. The van der Waals surface area contributed by atoms with E-state index < -0.39 is 28.3 Å². The second-order valence-corrected chi connectivity index (χ2v) is 7.59. The third-order valence-electron chi connectivity index (χ3n) is 3.44. The molecule has 28 heavy (non-hydrogen) atoms. The molecule has 2 rings (SSSR count). The van der Waals surface area contributed by atoms with Gasteiger partial charge in [-0.15, -0.1) is 0 Å². The Morgan fingerprint density at radius 3 is 2.71 bits per heavy atom. The van der Waals surface area contributed by atoms with Crippen LogP contribution in [0.1, 0.15) is 5.56 Å². The highest BCUT2D eigenvalue weighted by atomic mass is 32.2. The molecule has 1 N–H and O–H groups in total. The molecular formula is C19H20FN3O4S. The van der Waals surface area contributed by atoms with E-state index in [1.807, 2.05) is 0 Å². The molecule has 0 aliphatic carbocycles. The topological polar surface area (TPSA) is 88.1 Å². The Morgan fingerprint density at radius 1 is 1.29 bits per heavy atom. The summed E-state index contributed by atoms with van der Waals surface area (Å²) in [4.78, 5) is 12.1. The van der Waals surface area contributed by atoms with Gasteiger partial charge in [-0.1, -0.05) is 36.9 Å². The average Bonchev–Trinajstić information content (AvgIpc) is 2.65. The highest BCUT2D eigenvalue weighted by molar-refractivity contribution is 7.92. The highest BCUT2D eigenvalue weighted by Gasteiger charge is 2.23. The van der Waals surface area contributed by atoms with Gasteiger partial charge in [-0.05, 0) is 29.8 Å². The molecule has 0 aliphatic rings. The number of hydrogen-bond acceptors (Lipinski definition) is 5. The maximum absolute atomic E-state index is 13.9. The molecule has 0 aromatic heterocycles. The number of carbonyl (C=O) groups is 1. The summed E-state index contributed by atoms with van der Waals surface area (Å²) < 4.78 is 43.9. The minimum Gasteiger partial charge on any atom is -0.490 e. The number of carbonyl (C=O) groups excluding carboxylic acids is 1. The Kier molecular flexibility index (Phi) is 7.28. The zero-order chi connectivity index (χ0) is 20.6. The van der Waals surface area contributed by atoms with Gasteiger partial charge in [0, 0.05) is 0 Å². The zero-order valence-electron chi connectivity index (χ0n) is 15.2. The third kappa shape index (κ3) is 6.20. The largest absolute Gasteiger partial charge is 0.490 e. The van der Waals surface area contributed by atoms with Gasteiger partial charge >= 0.3 is 0 Å². The van der Waals surface area contributed by atoms with E-state index in [0.29, 0.717) is 22.2 Å². The molecule has 0 atom stereocenters. The average molecular weight is 405 g/mol. The Labute approximate surface area is 163 Å². The molecule has 0 saturated heterocycles. The number of hydrazone groups is 1. The Balaban J connectivity index is 2.05. The van der Waals surface area contributed by atoms with E-state index in [0.717, 1.165) is 12.3 Å². The van der Waals surface area contributed by atoms with Crippen molar-refractivity contribution in [3.05, 3.63) is 72.6 Å². The molecular weight excluding hydrogens is 385 g/mol. The van der Waals surface area contributed by atoms with Crippen LogP contribution in [0.5, 0.6) is 5.75 Å². The monoisotopic (exact) mass is 405 g/mol. The summed E-state index contributed by atoms with van der Waals surface area (Å²) in [6.45, 7) is 3.31. The summed E-state index contributed by atoms with van der Waals surface area (Å²) in [7, 11) is -3.87. The van der Waals surface area contributed by atoms with Crippen LogP contribution in [0.2, 0.25) is 0 Å². The summed E-state index contributed by atoms with van der Waals surface area (Å²) >= 11 is 0. The molecule has 0 heterocycles. The molecule has 0 spiro atoms. The van der Waals surface area contributed by atoms with E-state index in [9.17, 15) is 17.6 Å². The van der Waals surface area contributed by atoms with Crippen LogP contribution in [0, 0.1) is 5.82 Å². The normalized spacial score (nSPS) is 11.2. The predicted octanol–water partition coefficient (Wildman–Crippen LogP) is 2.31. The fourth-order valence-corrected chi connectivity index (χ4v) is 3.08. The van der Waals surface area contributed by atoms with Crippen molar-refractivity contribution in [3.63, 3.8) is 0 Å². The lowest BCUT2D eigenvalue weighted by molar-refractivity contribution is -0.119. The van der Waals surface area contributed by atoms with Crippen LogP contribution in [0.25, 0.3) is 0 Å². The SMILES string of the molecule is C=CCOc1cccc(/C=N\NC(=O)CN(c2ccccc2F)S(C)(=O)=O)c1. The lowest BCUT2D eigenvalue weighted by Crippen LogP contribution is -2.39. The van der Waals surface area contributed by atoms with Gasteiger partial charge < -0.3 is 4.74 Å². The number of anilines is 1. The molecule has 0 saturated carbocycles. The van der Waals surface area contributed by atoms with E-state index in [4.69, 9.17) is 4.74 Å². The second-order valence-electron chi connectivity index (χ2n) is 5.69. The number of benzene rings is 2. The Morgan fingerprint density at radius 2 is 2.04 bits per heavy atom. The van der Waals surface area contributed by atoms with Crippen molar-refractivity contribution in [1.82, 2.24) is 5.43 Å². The number of halogens is 1. The molecule has 148 valence electrons. The van der Waals surface area contributed by atoms with Crippen LogP contribution in [0.3, 0.4) is 0 Å².